The van der Waals surface area contributed by atoms with E-state index in [-0.39, 0.29) is 5.75 Å². The first kappa shape index (κ1) is 15.8. The van der Waals surface area contributed by atoms with Crippen LogP contribution >= 0.6 is 11.8 Å². The van der Waals surface area contributed by atoms with E-state index in [9.17, 15) is 5.11 Å². The van der Waals surface area contributed by atoms with Gasteiger partial charge in [-0.1, -0.05) is 23.9 Å². The number of benzene rings is 2. The number of phenolic OH excluding ortho intramolecular Hbond substituents is 1. The number of phenols is 1. The molecule has 1 N–H and O–H groups in total. The van der Waals surface area contributed by atoms with Crippen molar-refractivity contribution in [3.05, 3.63) is 65.1 Å². The Hall–Kier alpha value is -2.73. The summed E-state index contributed by atoms with van der Waals surface area (Å²) in [5.41, 5.74) is 4.18. The Bertz CT molecular complexity index is 871. The zero-order valence-corrected chi connectivity index (χ0v) is 14.5. The van der Waals surface area contributed by atoms with Crippen molar-refractivity contribution in [1.82, 2.24) is 5.01 Å². The molecule has 0 radical (unpaired) electrons. The predicted molar refractivity (Wildman–Crippen MR) is 102 cm³/mol. The minimum absolute atomic E-state index is 0.256. The molecule has 0 unspecified atom stereocenters. The highest BCUT2D eigenvalue weighted by atomic mass is 32.2. The molecule has 2 heterocycles. The Kier molecular flexibility index (Phi) is 4.19. The standard InChI is InChI=1S/C19H17N3O2S/c1-24-17-8-2-13(3-9-17)10-15-11-20-19-22(21-15)18(12-25-19)14-4-6-16(23)7-5-14/h2-9,12,23H,10-11H2,1H3. The fourth-order valence-corrected chi connectivity index (χ4v) is 3.57. The Morgan fingerprint density at radius 2 is 1.88 bits per heavy atom. The van der Waals surface area contributed by atoms with Gasteiger partial charge in [0.25, 0.3) is 0 Å². The molecule has 25 heavy (non-hydrogen) atoms. The van der Waals surface area contributed by atoms with Gasteiger partial charge < -0.3 is 9.84 Å². The molecule has 0 saturated heterocycles. The van der Waals surface area contributed by atoms with Gasteiger partial charge in [-0.3, -0.25) is 4.99 Å². The lowest BCUT2D eigenvalue weighted by molar-refractivity contribution is 0.414. The van der Waals surface area contributed by atoms with Gasteiger partial charge in [-0.2, -0.15) is 5.10 Å². The summed E-state index contributed by atoms with van der Waals surface area (Å²) in [6, 6.07) is 15.2. The largest absolute Gasteiger partial charge is 0.508 e. The Labute approximate surface area is 150 Å². The molecule has 126 valence electrons. The fraction of sp³-hybridized carbons (Fsp3) is 0.158. The monoisotopic (exact) mass is 351 g/mol. The summed E-state index contributed by atoms with van der Waals surface area (Å²) in [7, 11) is 1.67. The van der Waals surface area contributed by atoms with Gasteiger partial charge in [-0.05, 0) is 42.0 Å². The van der Waals surface area contributed by atoms with Crippen LogP contribution < -0.4 is 4.74 Å². The lowest BCUT2D eigenvalue weighted by Gasteiger charge is -2.22. The first-order chi connectivity index (χ1) is 12.2. The summed E-state index contributed by atoms with van der Waals surface area (Å²) in [6.45, 7) is 0.613. The number of hydrazone groups is 1. The zero-order valence-electron chi connectivity index (χ0n) is 13.7. The van der Waals surface area contributed by atoms with Crippen molar-refractivity contribution >= 4 is 28.3 Å². The van der Waals surface area contributed by atoms with Gasteiger partial charge in [0.2, 0.25) is 0 Å². The van der Waals surface area contributed by atoms with Crippen LogP contribution in [-0.2, 0) is 6.42 Å². The van der Waals surface area contributed by atoms with Gasteiger partial charge in [0.05, 0.1) is 25.1 Å². The van der Waals surface area contributed by atoms with Crippen molar-refractivity contribution in [2.75, 3.05) is 13.7 Å². The third kappa shape index (κ3) is 3.25. The van der Waals surface area contributed by atoms with Gasteiger partial charge >= 0.3 is 0 Å². The molecule has 0 bridgehead atoms. The van der Waals surface area contributed by atoms with Gasteiger partial charge in [0, 0.05) is 17.4 Å². The zero-order chi connectivity index (χ0) is 17.2. The first-order valence-electron chi connectivity index (χ1n) is 7.93. The molecule has 5 nitrogen and oxygen atoms in total. The van der Waals surface area contributed by atoms with Crippen molar-refractivity contribution < 1.29 is 9.84 Å². The maximum Gasteiger partial charge on any atom is 0.189 e. The molecule has 0 amide bonds. The Morgan fingerprint density at radius 3 is 2.60 bits per heavy atom. The average molecular weight is 351 g/mol. The molecule has 0 aliphatic carbocycles. The summed E-state index contributed by atoms with van der Waals surface area (Å²) in [5.74, 6) is 1.11. The number of fused-ring (bicyclic) bond motifs is 1. The molecular formula is C19H17N3O2S. The number of ether oxygens (including phenoxy) is 1. The first-order valence-corrected chi connectivity index (χ1v) is 8.81. The van der Waals surface area contributed by atoms with Crippen molar-refractivity contribution in [3.63, 3.8) is 0 Å². The molecule has 0 spiro atoms. The highest BCUT2D eigenvalue weighted by Gasteiger charge is 2.27. The summed E-state index contributed by atoms with van der Waals surface area (Å²) in [6.07, 6.45) is 0.755. The van der Waals surface area contributed by atoms with Crippen LogP contribution in [0.25, 0.3) is 5.70 Å². The quantitative estimate of drug-likeness (QED) is 0.912. The van der Waals surface area contributed by atoms with Gasteiger partial charge in [0.15, 0.2) is 5.17 Å². The van der Waals surface area contributed by atoms with E-state index < -0.39 is 0 Å². The maximum absolute atomic E-state index is 9.48. The number of nitrogens with zero attached hydrogens (tertiary/aromatic N) is 3. The van der Waals surface area contributed by atoms with Crippen LogP contribution in [-0.4, -0.2) is 34.6 Å². The molecule has 0 fully saturated rings. The molecule has 2 aliphatic heterocycles. The number of hydrogen-bond acceptors (Lipinski definition) is 6. The second kappa shape index (κ2) is 6.64. The number of rotatable bonds is 4. The average Bonchev–Trinajstić information content (AvgIpc) is 3.06. The van der Waals surface area contributed by atoms with E-state index in [4.69, 9.17) is 9.84 Å². The minimum atomic E-state index is 0.256. The highest BCUT2D eigenvalue weighted by molar-refractivity contribution is 8.16. The van der Waals surface area contributed by atoms with Crippen molar-refractivity contribution in [2.24, 2.45) is 10.1 Å². The predicted octanol–water partition coefficient (Wildman–Crippen LogP) is 3.72. The van der Waals surface area contributed by atoms with E-state index in [1.54, 1.807) is 31.0 Å². The third-order valence-corrected chi connectivity index (χ3v) is 4.91. The van der Waals surface area contributed by atoms with Crippen molar-refractivity contribution in [1.29, 1.82) is 0 Å². The number of hydrogen-bond donors (Lipinski definition) is 1. The molecule has 2 aliphatic rings. The highest BCUT2D eigenvalue weighted by Crippen LogP contribution is 2.35. The van der Waals surface area contributed by atoms with Crippen LogP contribution in [0.5, 0.6) is 11.5 Å². The SMILES string of the molecule is COc1ccc(CC2=NN3C(c4ccc(O)cc4)=CSC3=NC2)cc1. The van der Waals surface area contributed by atoms with Gasteiger partial charge in [0.1, 0.15) is 11.5 Å². The second-order valence-electron chi connectivity index (χ2n) is 5.77. The van der Waals surface area contributed by atoms with Crippen molar-refractivity contribution in [2.45, 2.75) is 6.42 Å². The number of aromatic hydroxyl groups is 1. The van der Waals surface area contributed by atoms with E-state index in [1.165, 1.54) is 5.56 Å². The number of methoxy groups -OCH3 is 1. The van der Waals surface area contributed by atoms with E-state index in [0.29, 0.717) is 6.54 Å². The van der Waals surface area contributed by atoms with Crippen LogP contribution in [0.15, 0.2) is 64.0 Å². The van der Waals surface area contributed by atoms with Crippen LogP contribution in [0.2, 0.25) is 0 Å². The Morgan fingerprint density at radius 1 is 1.12 bits per heavy atom. The Balaban J connectivity index is 1.55. The number of aliphatic imine (C=N–C) groups is 1. The topological polar surface area (TPSA) is 57.4 Å². The second-order valence-corrected chi connectivity index (χ2v) is 6.61. The lowest BCUT2D eigenvalue weighted by Crippen LogP contribution is -2.27. The molecule has 0 saturated carbocycles. The van der Waals surface area contributed by atoms with E-state index in [0.717, 1.165) is 34.3 Å². The molecule has 6 heteroatoms. The van der Waals surface area contributed by atoms with E-state index in [1.807, 2.05) is 34.7 Å². The summed E-state index contributed by atoms with van der Waals surface area (Å²) in [5, 5.41) is 19.1. The smallest absolute Gasteiger partial charge is 0.189 e. The molecule has 2 aromatic carbocycles. The van der Waals surface area contributed by atoms with Crippen LogP contribution in [0.4, 0.5) is 0 Å². The molecule has 0 aromatic heterocycles. The molecular weight excluding hydrogens is 334 g/mol. The van der Waals surface area contributed by atoms with E-state index >= 15 is 0 Å². The number of thioether (sulfide) groups is 1. The number of amidine groups is 1. The maximum atomic E-state index is 9.48. The van der Waals surface area contributed by atoms with Crippen molar-refractivity contribution in [3.8, 4) is 11.5 Å². The fourth-order valence-electron chi connectivity index (χ4n) is 2.74. The summed E-state index contributed by atoms with van der Waals surface area (Å²) < 4.78 is 5.20. The van der Waals surface area contributed by atoms with Gasteiger partial charge in [-0.25, -0.2) is 5.01 Å². The van der Waals surface area contributed by atoms with Crippen LogP contribution in [0.3, 0.4) is 0 Å². The summed E-state index contributed by atoms with van der Waals surface area (Å²) in [4.78, 5) is 4.64. The summed E-state index contributed by atoms with van der Waals surface area (Å²) >= 11 is 1.57. The van der Waals surface area contributed by atoms with E-state index in [2.05, 4.69) is 17.1 Å². The third-order valence-electron chi connectivity index (χ3n) is 4.05. The molecule has 2 aromatic rings. The van der Waals surface area contributed by atoms with Gasteiger partial charge in [-0.15, -0.1) is 0 Å². The molecule has 0 atom stereocenters. The normalized spacial score (nSPS) is 16.0. The minimum Gasteiger partial charge on any atom is -0.508 e. The molecule has 4 rings (SSSR count). The lowest BCUT2D eigenvalue weighted by atomic mass is 10.1. The van der Waals surface area contributed by atoms with Crippen LogP contribution in [0.1, 0.15) is 11.1 Å². The van der Waals surface area contributed by atoms with Crippen LogP contribution in [0, 0.1) is 0 Å².